The van der Waals surface area contributed by atoms with Crippen molar-refractivity contribution in [1.82, 2.24) is 25.2 Å². The van der Waals surface area contributed by atoms with Crippen molar-refractivity contribution in [2.75, 3.05) is 56.5 Å². The molecular weight excluding hydrogens is 584 g/mol. The lowest BCUT2D eigenvalue weighted by atomic mass is 9.95. The minimum absolute atomic E-state index is 0.0440. The van der Waals surface area contributed by atoms with E-state index in [-0.39, 0.29) is 40.2 Å². The van der Waals surface area contributed by atoms with Crippen LogP contribution in [0.2, 0.25) is 5.02 Å². The summed E-state index contributed by atoms with van der Waals surface area (Å²) in [6.45, 7) is 4.05. The first kappa shape index (κ1) is 27.8. The van der Waals surface area contributed by atoms with Crippen LogP contribution in [-0.4, -0.2) is 82.3 Å². The van der Waals surface area contributed by atoms with Gasteiger partial charge in [0.1, 0.15) is 17.9 Å². The highest BCUT2D eigenvalue weighted by molar-refractivity contribution is 7.22. The predicted octanol–water partition coefficient (Wildman–Crippen LogP) is 5.21. The summed E-state index contributed by atoms with van der Waals surface area (Å²) in [7, 11) is 0. The molecule has 0 spiro atoms. The number of nitrogens with two attached hydrogens (primary N) is 1. The van der Waals surface area contributed by atoms with Crippen LogP contribution in [0.4, 0.5) is 19.7 Å². The van der Waals surface area contributed by atoms with Gasteiger partial charge in [-0.15, -0.1) is 0 Å². The fraction of sp³-hybridized carbons (Fsp3) is 0.483. The monoisotopic (exact) mass is 615 g/mol. The number of nitrogen functional groups attached to an aromatic ring is 1. The molecule has 2 aromatic carbocycles. The molecule has 0 unspecified atom stereocenters. The van der Waals surface area contributed by atoms with E-state index in [2.05, 4.69) is 25.2 Å². The summed E-state index contributed by atoms with van der Waals surface area (Å²) in [6.07, 6.45) is 4.28. The molecule has 42 heavy (non-hydrogen) atoms. The Morgan fingerprint density at radius 3 is 2.69 bits per heavy atom. The summed E-state index contributed by atoms with van der Waals surface area (Å²) in [5, 5.41) is 15.6. The molecule has 3 aliphatic heterocycles. The molecular formula is C29H32ClF2N7O2S. The van der Waals surface area contributed by atoms with Crippen LogP contribution in [0.3, 0.4) is 0 Å². The molecule has 13 heteroatoms. The first-order valence-electron chi connectivity index (χ1n) is 14.2. The van der Waals surface area contributed by atoms with E-state index in [4.69, 9.17) is 22.1 Å². The van der Waals surface area contributed by atoms with Crippen LogP contribution in [0.15, 0.2) is 18.2 Å². The zero-order chi connectivity index (χ0) is 29.2. The van der Waals surface area contributed by atoms with Crippen LogP contribution in [0.5, 0.6) is 11.8 Å². The Balaban J connectivity index is 1.40. The van der Waals surface area contributed by atoms with Gasteiger partial charge in [-0.25, -0.2) is 13.8 Å². The summed E-state index contributed by atoms with van der Waals surface area (Å²) in [5.41, 5.74) is 8.61. The second-order valence-corrected chi connectivity index (χ2v) is 13.1. The lowest BCUT2D eigenvalue weighted by molar-refractivity contribution is 0.0156. The van der Waals surface area contributed by atoms with Crippen molar-refractivity contribution < 1.29 is 18.6 Å². The van der Waals surface area contributed by atoms with Gasteiger partial charge < -0.3 is 25.8 Å². The molecule has 4 N–H and O–H groups in total. The normalized spacial score (nSPS) is 20.3. The Labute approximate surface area is 250 Å². The molecule has 0 amide bonds. The van der Waals surface area contributed by atoms with E-state index in [1.165, 1.54) is 16.2 Å². The molecule has 0 atom stereocenters. The summed E-state index contributed by atoms with van der Waals surface area (Å²) >= 11 is 8.23. The molecule has 222 valence electrons. The summed E-state index contributed by atoms with van der Waals surface area (Å²) in [6, 6.07) is 5.55. The van der Waals surface area contributed by atoms with Gasteiger partial charge >= 0.3 is 6.01 Å². The number of benzene rings is 2. The second kappa shape index (κ2) is 10.3. The molecule has 9 nitrogen and oxygen atoms in total. The number of rotatable bonds is 5. The quantitative estimate of drug-likeness (QED) is 0.279. The number of ether oxygens (including phenoxy) is 1. The number of phenolic OH excluding ortho intramolecular Hbond substituents is 1. The Morgan fingerprint density at radius 1 is 1.12 bits per heavy atom. The zero-order valence-electron chi connectivity index (χ0n) is 23.2. The Morgan fingerprint density at radius 2 is 1.90 bits per heavy atom. The van der Waals surface area contributed by atoms with Crippen molar-refractivity contribution in [2.24, 2.45) is 0 Å². The number of hydrogen-bond acceptors (Lipinski definition) is 10. The number of aromatic hydroxyl groups is 1. The summed E-state index contributed by atoms with van der Waals surface area (Å²) < 4.78 is 36.7. The Kier molecular flexibility index (Phi) is 6.80. The topological polar surface area (TPSA) is 113 Å². The van der Waals surface area contributed by atoms with E-state index < -0.39 is 19.0 Å². The zero-order valence-corrected chi connectivity index (χ0v) is 24.8. The van der Waals surface area contributed by atoms with Crippen LogP contribution in [0.25, 0.3) is 32.2 Å². The SMILES string of the molecule is Cc1ccc2sc(N)nc2c1-c1c(Cl)cc2c(N3CCNCC(F)(F)C3)nc(OCC34CCCN3CCC4)nc2c1O. The van der Waals surface area contributed by atoms with Crippen LogP contribution < -0.4 is 20.7 Å². The largest absolute Gasteiger partial charge is 0.505 e. The molecule has 0 aliphatic carbocycles. The number of aryl methyl sites for hydroxylation is 1. The number of nitrogens with one attached hydrogen (secondary N) is 1. The maximum absolute atomic E-state index is 14.8. The van der Waals surface area contributed by atoms with E-state index in [0.717, 1.165) is 49.0 Å². The first-order valence-corrected chi connectivity index (χ1v) is 15.4. The maximum atomic E-state index is 14.8. The minimum Gasteiger partial charge on any atom is -0.505 e. The summed E-state index contributed by atoms with van der Waals surface area (Å²) in [5.74, 6) is -2.91. The third-order valence-electron chi connectivity index (χ3n) is 8.86. The molecule has 5 heterocycles. The lowest BCUT2D eigenvalue weighted by Gasteiger charge is -2.31. The molecule has 2 aromatic heterocycles. The van der Waals surface area contributed by atoms with Gasteiger partial charge in [-0.1, -0.05) is 29.0 Å². The highest BCUT2D eigenvalue weighted by Gasteiger charge is 2.45. The molecule has 7 rings (SSSR count). The molecule has 4 aromatic rings. The van der Waals surface area contributed by atoms with Crippen molar-refractivity contribution in [1.29, 1.82) is 0 Å². The van der Waals surface area contributed by atoms with Crippen molar-refractivity contribution in [3.8, 4) is 22.9 Å². The standard InChI is InChI=1S/C29H32ClF2N7O2S/c1-16-4-5-19-23(35-26(33)42-19)20(16)21-18(30)12-17-22(24(21)40)36-27(41-15-28-6-2-9-39(28)10-3-7-28)37-25(17)38-11-8-34-13-29(31,32)14-38/h4-5,12,34,40H,2-3,6-11,13-15H2,1H3,(H2,33,35). The van der Waals surface area contributed by atoms with E-state index in [9.17, 15) is 13.9 Å². The maximum Gasteiger partial charge on any atom is 0.319 e. The van der Waals surface area contributed by atoms with Gasteiger partial charge in [0.25, 0.3) is 5.92 Å². The van der Waals surface area contributed by atoms with Gasteiger partial charge in [0.15, 0.2) is 10.9 Å². The average molecular weight is 616 g/mol. The number of alkyl halides is 2. The fourth-order valence-electron chi connectivity index (χ4n) is 6.89. The Hall–Kier alpha value is -3.06. The number of aromatic nitrogens is 3. The molecule has 3 fully saturated rings. The second-order valence-electron chi connectivity index (χ2n) is 11.6. The number of fused-ring (bicyclic) bond motifs is 3. The van der Waals surface area contributed by atoms with Gasteiger partial charge in [-0.05, 0) is 63.4 Å². The molecule has 3 aliphatic rings. The highest BCUT2D eigenvalue weighted by atomic mass is 35.5. The molecule has 0 radical (unpaired) electrons. The number of thiazole rings is 1. The van der Waals surface area contributed by atoms with Gasteiger partial charge in [0.2, 0.25) is 0 Å². The molecule has 3 saturated heterocycles. The van der Waals surface area contributed by atoms with E-state index in [1.807, 2.05) is 19.1 Å². The van der Waals surface area contributed by atoms with Gasteiger partial charge in [0.05, 0.1) is 33.9 Å². The van der Waals surface area contributed by atoms with Crippen LogP contribution in [0, 0.1) is 6.92 Å². The van der Waals surface area contributed by atoms with Gasteiger partial charge in [-0.2, -0.15) is 9.97 Å². The lowest BCUT2D eigenvalue weighted by Crippen LogP contribution is -2.43. The van der Waals surface area contributed by atoms with E-state index >= 15 is 0 Å². The van der Waals surface area contributed by atoms with Crippen molar-refractivity contribution in [3.63, 3.8) is 0 Å². The third-order valence-corrected chi connectivity index (χ3v) is 10.0. The van der Waals surface area contributed by atoms with Crippen molar-refractivity contribution in [2.45, 2.75) is 44.1 Å². The fourth-order valence-corrected chi connectivity index (χ4v) is 7.93. The van der Waals surface area contributed by atoms with Crippen LogP contribution in [-0.2, 0) is 0 Å². The molecule has 0 saturated carbocycles. The van der Waals surface area contributed by atoms with E-state index in [1.54, 1.807) is 6.07 Å². The van der Waals surface area contributed by atoms with Gasteiger partial charge in [-0.3, -0.25) is 4.90 Å². The minimum atomic E-state index is -2.98. The van der Waals surface area contributed by atoms with Crippen LogP contribution >= 0.6 is 22.9 Å². The van der Waals surface area contributed by atoms with Gasteiger partial charge in [0, 0.05) is 29.6 Å². The Bertz CT molecular complexity index is 1690. The highest BCUT2D eigenvalue weighted by Crippen LogP contribution is 2.48. The van der Waals surface area contributed by atoms with Crippen molar-refractivity contribution in [3.05, 3.63) is 28.8 Å². The molecule has 0 bridgehead atoms. The number of anilines is 2. The average Bonchev–Trinajstić information content (AvgIpc) is 3.60. The number of nitrogens with zero attached hydrogens (tertiary/aromatic N) is 5. The number of hydrogen-bond donors (Lipinski definition) is 3. The smallest absolute Gasteiger partial charge is 0.319 e. The van der Waals surface area contributed by atoms with E-state index in [0.29, 0.717) is 40.3 Å². The van der Waals surface area contributed by atoms with Crippen LogP contribution in [0.1, 0.15) is 31.2 Å². The van der Waals surface area contributed by atoms with Crippen molar-refractivity contribution >= 4 is 55.0 Å². The number of halogens is 3. The number of phenols is 1. The third kappa shape index (κ3) is 4.68. The predicted molar refractivity (Wildman–Crippen MR) is 162 cm³/mol. The first-order chi connectivity index (χ1) is 20.1. The summed E-state index contributed by atoms with van der Waals surface area (Å²) in [4.78, 5) is 17.9.